The summed E-state index contributed by atoms with van der Waals surface area (Å²) in [5.74, 6) is 0.858. The molecule has 0 amide bonds. The predicted molar refractivity (Wildman–Crippen MR) is 77.4 cm³/mol. The number of aryl methyl sites for hydroxylation is 1. The van der Waals surface area contributed by atoms with Gasteiger partial charge in [0.15, 0.2) is 5.78 Å². The van der Waals surface area contributed by atoms with E-state index in [9.17, 15) is 4.79 Å². The standard InChI is InChI=1S/C17H18O2/c1-3-14-10-7-11-16(15-8-5-4-6-9-15)17(14)19-12-13(2)18/h4-11H,3,12H2,1-2H3. The van der Waals surface area contributed by atoms with Crippen LogP contribution in [0.1, 0.15) is 19.4 Å². The van der Waals surface area contributed by atoms with E-state index in [2.05, 4.69) is 19.1 Å². The Kier molecular flexibility index (Phi) is 4.35. The van der Waals surface area contributed by atoms with E-state index in [1.54, 1.807) is 0 Å². The molecular formula is C17H18O2. The molecule has 0 bridgehead atoms. The van der Waals surface area contributed by atoms with E-state index in [4.69, 9.17) is 4.74 Å². The molecule has 19 heavy (non-hydrogen) atoms. The molecule has 0 atom stereocenters. The van der Waals surface area contributed by atoms with Crippen molar-refractivity contribution in [2.24, 2.45) is 0 Å². The van der Waals surface area contributed by atoms with Crippen LogP contribution in [-0.4, -0.2) is 12.4 Å². The lowest BCUT2D eigenvalue weighted by molar-refractivity contribution is -0.118. The molecule has 0 aromatic heterocycles. The summed E-state index contributed by atoms with van der Waals surface area (Å²) in [5.41, 5.74) is 3.28. The first-order chi connectivity index (χ1) is 9.22. The highest BCUT2D eigenvalue weighted by atomic mass is 16.5. The van der Waals surface area contributed by atoms with Gasteiger partial charge in [0.05, 0.1) is 0 Å². The monoisotopic (exact) mass is 254 g/mol. The van der Waals surface area contributed by atoms with Gasteiger partial charge in [-0.2, -0.15) is 0 Å². The van der Waals surface area contributed by atoms with Gasteiger partial charge < -0.3 is 4.74 Å². The Labute approximate surface area is 114 Å². The third-order valence-electron chi connectivity index (χ3n) is 2.98. The van der Waals surface area contributed by atoms with Crippen LogP contribution in [0.4, 0.5) is 0 Å². The van der Waals surface area contributed by atoms with Crippen LogP contribution in [0, 0.1) is 0 Å². The lowest BCUT2D eigenvalue weighted by Gasteiger charge is -2.14. The highest BCUT2D eigenvalue weighted by Crippen LogP contribution is 2.33. The SMILES string of the molecule is CCc1cccc(-c2ccccc2)c1OCC(C)=O. The summed E-state index contributed by atoms with van der Waals surface area (Å²) in [4.78, 5) is 11.1. The minimum Gasteiger partial charge on any atom is -0.485 e. The normalized spacial score (nSPS) is 10.2. The van der Waals surface area contributed by atoms with Crippen molar-refractivity contribution < 1.29 is 9.53 Å². The zero-order valence-electron chi connectivity index (χ0n) is 11.3. The largest absolute Gasteiger partial charge is 0.485 e. The zero-order valence-corrected chi connectivity index (χ0v) is 11.3. The van der Waals surface area contributed by atoms with Gasteiger partial charge in [0, 0.05) is 5.56 Å². The molecule has 98 valence electrons. The molecule has 0 spiro atoms. The van der Waals surface area contributed by atoms with Crippen LogP contribution >= 0.6 is 0 Å². The minimum atomic E-state index is 0.0323. The smallest absolute Gasteiger partial charge is 0.167 e. The number of hydrogen-bond acceptors (Lipinski definition) is 2. The number of carbonyl (C=O) groups is 1. The van der Waals surface area contributed by atoms with Crippen LogP contribution < -0.4 is 4.74 Å². The Morgan fingerprint density at radius 3 is 2.42 bits per heavy atom. The molecule has 0 heterocycles. The molecule has 0 aliphatic carbocycles. The Morgan fingerprint density at radius 2 is 1.79 bits per heavy atom. The van der Waals surface area contributed by atoms with Crippen LogP contribution in [0.5, 0.6) is 5.75 Å². The van der Waals surface area contributed by atoms with Gasteiger partial charge in [-0.15, -0.1) is 0 Å². The molecule has 0 saturated heterocycles. The van der Waals surface area contributed by atoms with Crippen LogP contribution in [0.3, 0.4) is 0 Å². The van der Waals surface area contributed by atoms with Crippen LogP contribution in [-0.2, 0) is 11.2 Å². The maximum Gasteiger partial charge on any atom is 0.167 e. The second kappa shape index (κ2) is 6.19. The fourth-order valence-electron chi connectivity index (χ4n) is 2.05. The van der Waals surface area contributed by atoms with E-state index in [0.717, 1.165) is 28.9 Å². The number of carbonyl (C=O) groups excluding carboxylic acids is 1. The summed E-state index contributed by atoms with van der Waals surface area (Å²) in [6.45, 7) is 3.75. The number of ether oxygens (including phenoxy) is 1. The van der Waals surface area contributed by atoms with Crippen LogP contribution in [0.15, 0.2) is 48.5 Å². The zero-order chi connectivity index (χ0) is 13.7. The average molecular weight is 254 g/mol. The molecule has 2 rings (SSSR count). The third kappa shape index (κ3) is 3.22. The van der Waals surface area contributed by atoms with Crippen molar-refractivity contribution in [2.75, 3.05) is 6.61 Å². The summed E-state index contributed by atoms with van der Waals surface area (Å²) >= 11 is 0. The second-order valence-corrected chi connectivity index (χ2v) is 4.50. The Bertz CT molecular complexity index is 559. The third-order valence-corrected chi connectivity index (χ3v) is 2.98. The van der Waals surface area contributed by atoms with E-state index >= 15 is 0 Å². The Balaban J connectivity index is 2.45. The first-order valence-corrected chi connectivity index (χ1v) is 6.52. The molecule has 0 saturated carbocycles. The van der Waals surface area contributed by atoms with Gasteiger partial charge >= 0.3 is 0 Å². The van der Waals surface area contributed by atoms with Gasteiger partial charge in [0.2, 0.25) is 0 Å². The topological polar surface area (TPSA) is 26.3 Å². The first kappa shape index (κ1) is 13.3. The summed E-state index contributed by atoms with van der Waals surface area (Å²) in [6, 6.07) is 16.2. The predicted octanol–water partition coefficient (Wildman–Crippen LogP) is 3.88. The van der Waals surface area contributed by atoms with Gasteiger partial charge in [-0.05, 0) is 24.5 Å². The highest BCUT2D eigenvalue weighted by molar-refractivity contribution is 5.78. The summed E-state index contributed by atoms with van der Waals surface area (Å²) in [6.07, 6.45) is 0.883. The van der Waals surface area contributed by atoms with Crippen molar-refractivity contribution in [2.45, 2.75) is 20.3 Å². The van der Waals surface area contributed by atoms with Crippen molar-refractivity contribution >= 4 is 5.78 Å². The summed E-state index contributed by atoms with van der Waals surface area (Å²) in [5, 5.41) is 0. The number of hydrogen-bond donors (Lipinski definition) is 0. The number of ketones is 1. The van der Waals surface area contributed by atoms with E-state index in [1.165, 1.54) is 6.92 Å². The Hall–Kier alpha value is -2.09. The van der Waals surface area contributed by atoms with Crippen LogP contribution in [0.2, 0.25) is 0 Å². The Morgan fingerprint density at radius 1 is 1.05 bits per heavy atom. The number of para-hydroxylation sites is 1. The molecule has 0 aliphatic rings. The van der Waals surface area contributed by atoms with E-state index in [-0.39, 0.29) is 12.4 Å². The molecule has 2 aromatic rings. The van der Waals surface area contributed by atoms with E-state index in [0.29, 0.717) is 0 Å². The summed E-state index contributed by atoms with van der Waals surface area (Å²) < 4.78 is 5.73. The molecule has 2 heteroatoms. The first-order valence-electron chi connectivity index (χ1n) is 6.52. The molecule has 0 radical (unpaired) electrons. The van der Waals surface area contributed by atoms with Crippen molar-refractivity contribution in [1.82, 2.24) is 0 Å². The molecule has 0 N–H and O–H groups in total. The van der Waals surface area contributed by atoms with E-state index in [1.807, 2.05) is 36.4 Å². The minimum absolute atomic E-state index is 0.0323. The van der Waals surface area contributed by atoms with Gasteiger partial charge in [-0.25, -0.2) is 0 Å². The lowest BCUT2D eigenvalue weighted by atomic mass is 10.0. The lowest BCUT2D eigenvalue weighted by Crippen LogP contribution is -2.08. The highest BCUT2D eigenvalue weighted by Gasteiger charge is 2.11. The molecule has 2 aromatic carbocycles. The molecule has 0 unspecified atom stereocenters. The molecule has 0 aliphatic heterocycles. The van der Waals surface area contributed by atoms with Gasteiger partial charge in [-0.3, -0.25) is 4.79 Å². The molecule has 2 nitrogen and oxygen atoms in total. The van der Waals surface area contributed by atoms with Crippen molar-refractivity contribution in [1.29, 1.82) is 0 Å². The maximum absolute atomic E-state index is 11.1. The maximum atomic E-state index is 11.1. The van der Waals surface area contributed by atoms with Crippen LogP contribution in [0.25, 0.3) is 11.1 Å². The van der Waals surface area contributed by atoms with Gasteiger partial charge in [0.25, 0.3) is 0 Å². The number of Topliss-reactive ketones (excluding diaryl/α,β-unsaturated/α-hetero) is 1. The number of benzene rings is 2. The fourth-order valence-corrected chi connectivity index (χ4v) is 2.05. The van der Waals surface area contributed by atoms with Crippen molar-refractivity contribution in [3.05, 3.63) is 54.1 Å². The molecule has 0 fully saturated rings. The second-order valence-electron chi connectivity index (χ2n) is 4.50. The van der Waals surface area contributed by atoms with Gasteiger partial charge in [-0.1, -0.05) is 55.5 Å². The number of rotatable bonds is 5. The molecular weight excluding hydrogens is 236 g/mol. The average Bonchev–Trinajstić information content (AvgIpc) is 2.45. The quantitative estimate of drug-likeness (QED) is 0.809. The van der Waals surface area contributed by atoms with Crippen molar-refractivity contribution in [3.8, 4) is 16.9 Å². The van der Waals surface area contributed by atoms with E-state index < -0.39 is 0 Å². The van der Waals surface area contributed by atoms with Crippen molar-refractivity contribution in [3.63, 3.8) is 0 Å². The van der Waals surface area contributed by atoms with Gasteiger partial charge in [0.1, 0.15) is 12.4 Å². The fraction of sp³-hybridized carbons (Fsp3) is 0.235. The summed E-state index contributed by atoms with van der Waals surface area (Å²) in [7, 11) is 0.